The molecule has 1 aliphatic heterocycles. The summed E-state index contributed by atoms with van der Waals surface area (Å²) in [7, 11) is 0. The Morgan fingerprint density at radius 2 is 1.81 bits per heavy atom. The Balaban J connectivity index is 2.05. The Kier molecular flexibility index (Phi) is 2.94. The van der Waals surface area contributed by atoms with Crippen molar-refractivity contribution in [3.8, 4) is 0 Å². The van der Waals surface area contributed by atoms with Crippen LogP contribution in [0.2, 0.25) is 0 Å². The second kappa shape index (κ2) is 4.23. The van der Waals surface area contributed by atoms with Crippen LogP contribution in [0.5, 0.6) is 0 Å². The van der Waals surface area contributed by atoms with Crippen LogP contribution >= 0.6 is 0 Å². The van der Waals surface area contributed by atoms with Crippen LogP contribution < -0.4 is 5.73 Å². The summed E-state index contributed by atoms with van der Waals surface area (Å²) >= 11 is 0. The normalized spacial score (nSPS) is 18.6. The fourth-order valence-corrected chi connectivity index (χ4v) is 2.09. The molecule has 1 aromatic rings. The monoisotopic (exact) mass is 220 g/mol. The number of carbonyl (C=O) groups is 1. The van der Waals surface area contributed by atoms with Gasteiger partial charge in [-0.15, -0.1) is 0 Å². The Hall–Kier alpha value is -1.39. The van der Waals surface area contributed by atoms with E-state index in [1.807, 2.05) is 0 Å². The van der Waals surface area contributed by atoms with E-state index in [2.05, 4.69) is 0 Å². The molecule has 0 aromatic heterocycles. The number of hydroxylamine groups is 3. The first-order valence-corrected chi connectivity index (χ1v) is 5.55. The van der Waals surface area contributed by atoms with Crippen LogP contribution in [0.3, 0.4) is 0 Å². The van der Waals surface area contributed by atoms with E-state index < -0.39 is 0 Å². The number of nitrogens with two attached hydrogens (primary N) is 1. The molecule has 0 amide bonds. The molecule has 2 rings (SSSR count). The smallest absolute Gasteiger partial charge is 0.217 e. The van der Waals surface area contributed by atoms with Crippen molar-refractivity contribution < 1.29 is 9.44 Å². The van der Waals surface area contributed by atoms with Gasteiger partial charge in [-0.05, 0) is 24.3 Å². The largest absolute Gasteiger partial charge is 0.632 e. The lowest BCUT2D eigenvalue weighted by molar-refractivity contribution is -0.859. The average molecular weight is 220 g/mol. The van der Waals surface area contributed by atoms with E-state index in [-0.39, 0.29) is 17.0 Å². The molecule has 4 heteroatoms. The third-order valence-electron chi connectivity index (χ3n) is 3.05. The molecule has 1 saturated heterocycles. The lowest BCUT2D eigenvalue weighted by Gasteiger charge is -2.37. The number of Topliss-reactive ketones (excluding diaryl/α,β-unsaturated/α-hetero) is 1. The van der Waals surface area contributed by atoms with E-state index in [0.29, 0.717) is 24.3 Å². The van der Waals surface area contributed by atoms with Crippen molar-refractivity contribution in [1.29, 1.82) is 0 Å². The van der Waals surface area contributed by atoms with Gasteiger partial charge in [-0.25, -0.2) is 0 Å². The molecular formula is C12H16N2O2. The van der Waals surface area contributed by atoms with Gasteiger partial charge in [-0.1, -0.05) is 0 Å². The summed E-state index contributed by atoms with van der Waals surface area (Å²) in [6.45, 7) is 1.20. The van der Waals surface area contributed by atoms with Crippen LogP contribution in [0, 0.1) is 5.21 Å². The van der Waals surface area contributed by atoms with Crippen molar-refractivity contribution >= 4 is 11.5 Å². The minimum absolute atomic E-state index is 0.0594. The molecule has 1 heterocycles. The predicted molar refractivity (Wildman–Crippen MR) is 62.6 cm³/mol. The van der Waals surface area contributed by atoms with Gasteiger partial charge < -0.3 is 15.6 Å². The average Bonchev–Trinajstić information content (AvgIpc) is 2.65. The van der Waals surface area contributed by atoms with Gasteiger partial charge >= 0.3 is 0 Å². The molecule has 0 unspecified atom stereocenters. The zero-order chi connectivity index (χ0) is 11.6. The Morgan fingerprint density at radius 1 is 1.25 bits per heavy atom. The van der Waals surface area contributed by atoms with Crippen molar-refractivity contribution in [3.63, 3.8) is 0 Å². The number of anilines is 1. The zero-order valence-corrected chi connectivity index (χ0v) is 9.19. The highest BCUT2D eigenvalue weighted by molar-refractivity contribution is 5.97. The maximum Gasteiger partial charge on any atom is 0.217 e. The lowest BCUT2D eigenvalue weighted by atomic mass is 10.1. The number of rotatable bonds is 3. The van der Waals surface area contributed by atoms with Gasteiger partial charge in [0, 0.05) is 24.1 Å². The first-order valence-electron chi connectivity index (χ1n) is 5.55. The van der Waals surface area contributed by atoms with E-state index in [9.17, 15) is 10.0 Å². The fourth-order valence-electron chi connectivity index (χ4n) is 2.09. The van der Waals surface area contributed by atoms with Crippen LogP contribution in [-0.4, -0.2) is 30.1 Å². The number of likely N-dealkylation sites (tertiary alicyclic amines) is 1. The first kappa shape index (κ1) is 11.1. The quantitative estimate of drug-likeness (QED) is 0.364. The molecule has 0 radical (unpaired) electrons. The topological polar surface area (TPSA) is 66.2 Å². The molecule has 2 N–H and O–H groups in total. The van der Waals surface area contributed by atoms with Gasteiger partial charge in [0.15, 0.2) is 0 Å². The molecule has 0 aliphatic carbocycles. The molecule has 0 saturated carbocycles. The molecule has 4 nitrogen and oxygen atoms in total. The second-order valence-electron chi connectivity index (χ2n) is 4.42. The van der Waals surface area contributed by atoms with Crippen LogP contribution in [0.25, 0.3) is 0 Å². The van der Waals surface area contributed by atoms with Crippen molar-refractivity contribution in [3.05, 3.63) is 35.0 Å². The molecular weight excluding hydrogens is 204 g/mol. The third kappa shape index (κ3) is 2.40. The standard InChI is InChI=1S/C12H16N2O2/c13-11-5-3-10(4-6-11)12(15)9-14(16)7-1-2-8-14/h3-6H,1-2,7-9,13H2. The molecule has 0 atom stereocenters. The lowest BCUT2D eigenvalue weighted by Crippen LogP contribution is -2.43. The van der Waals surface area contributed by atoms with E-state index in [0.717, 1.165) is 12.8 Å². The van der Waals surface area contributed by atoms with Gasteiger partial charge in [-0.2, -0.15) is 0 Å². The number of benzene rings is 1. The predicted octanol–water partition coefficient (Wildman–Crippen LogP) is 1.56. The van der Waals surface area contributed by atoms with Gasteiger partial charge in [0.05, 0.1) is 13.1 Å². The highest BCUT2D eigenvalue weighted by Crippen LogP contribution is 2.18. The fraction of sp³-hybridized carbons (Fsp3) is 0.417. The number of ketones is 1. The van der Waals surface area contributed by atoms with E-state index in [4.69, 9.17) is 5.73 Å². The summed E-state index contributed by atoms with van der Waals surface area (Å²) in [5, 5.41) is 12.0. The Labute approximate surface area is 94.8 Å². The molecule has 16 heavy (non-hydrogen) atoms. The van der Waals surface area contributed by atoms with Crippen LogP contribution in [0.1, 0.15) is 23.2 Å². The van der Waals surface area contributed by atoms with Gasteiger partial charge in [0.1, 0.15) is 6.54 Å². The number of quaternary nitrogens is 1. The summed E-state index contributed by atoms with van der Waals surface area (Å²) < 4.78 is -0.358. The minimum atomic E-state index is -0.358. The number of nitrogens with zero attached hydrogens (tertiary/aromatic N) is 1. The van der Waals surface area contributed by atoms with E-state index in [1.54, 1.807) is 24.3 Å². The van der Waals surface area contributed by atoms with Crippen molar-refractivity contribution in [2.75, 3.05) is 25.4 Å². The second-order valence-corrected chi connectivity index (χ2v) is 4.42. The van der Waals surface area contributed by atoms with E-state index >= 15 is 0 Å². The maximum absolute atomic E-state index is 12.0. The van der Waals surface area contributed by atoms with Gasteiger partial charge in [-0.3, -0.25) is 4.79 Å². The van der Waals surface area contributed by atoms with Crippen molar-refractivity contribution in [1.82, 2.24) is 0 Å². The van der Waals surface area contributed by atoms with E-state index in [1.165, 1.54) is 0 Å². The number of hydrogen-bond donors (Lipinski definition) is 1. The summed E-state index contributed by atoms with van der Waals surface area (Å²) in [4.78, 5) is 11.9. The summed E-state index contributed by atoms with van der Waals surface area (Å²) in [6, 6.07) is 6.73. The number of hydrogen-bond acceptors (Lipinski definition) is 3. The van der Waals surface area contributed by atoms with Crippen LogP contribution in [0.15, 0.2) is 24.3 Å². The Bertz CT molecular complexity index is 381. The number of nitrogen functional groups attached to an aromatic ring is 1. The summed E-state index contributed by atoms with van der Waals surface area (Å²) in [5.41, 5.74) is 6.75. The molecule has 1 fully saturated rings. The molecule has 1 aliphatic rings. The minimum Gasteiger partial charge on any atom is -0.632 e. The maximum atomic E-state index is 12.0. The highest BCUT2D eigenvalue weighted by Gasteiger charge is 2.26. The molecule has 1 aromatic carbocycles. The SMILES string of the molecule is Nc1ccc(C(=O)C[N+]2([O-])CCCC2)cc1. The van der Waals surface area contributed by atoms with Crippen LogP contribution in [-0.2, 0) is 0 Å². The highest BCUT2D eigenvalue weighted by atomic mass is 16.5. The molecule has 0 bridgehead atoms. The van der Waals surface area contributed by atoms with Gasteiger partial charge in [0.25, 0.3) is 0 Å². The molecule has 0 spiro atoms. The van der Waals surface area contributed by atoms with Crippen LogP contribution in [0.4, 0.5) is 5.69 Å². The summed E-state index contributed by atoms with van der Waals surface area (Å²) in [6.07, 6.45) is 1.86. The third-order valence-corrected chi connectivity index (χ3v) is 3.05. The Morgan fingerprint density at radius 3 is 2.38 bits per heavy atom. The van der Waals surface area contributed by atoms with Crippen molar-refractivity contribution in [2.24, 2.45) is 0 Å². The zero-order valence-electron chi connectivity index (χ0n) is 9.19. The number of carbonyl (C=O) groups excluding carboxylic acids is 1. The van der Waals surface area contributed by atoms with Crippen molar-refractivity contribution in [2.45, 2.75) is 12.8 Å². The summed E-state index contributed by atoms with van der Waals surface area (Å²) in [5.74, 6) is -0.0862. The van der Waals surface area contributed by atoms with Gasteiger partial charge in [0.2, 0.25) is 5.78 Å². The molecule has 86 valence electrons. The first-order chi connectivity index (χ1) is 7.59.